The van der Waals surface area contributed by atoms with Gasteiger partial charge in [-0.2, -0.15) is 8.78 Å². The molecule has 0 spiro atoms. The fourth-order valence-electron chi connectivity index (χ4n) is 0.993. The number of halogens is 4. The summed E-state index contributed by atoms with van der Waals surface area (Å²) >= 11 is 11.4. The molecule has 0 saturated carbocycles. The summed E-state index contributed by atoms with van der Waals surface area (Å²) in [7, 11) is 0. The number of carbonyl (C=O) groups excluding carboxylic acids is 1. The first-order valence-corrected chi connectivity index (χ1v) is 4.91. The lowest BCUT2D eigenvalue weighted by atomic mass is 10.1. The molecule has 0 fully saturated rings. The molecule has 0 aromatic heterocycles. The zero-order chi connectivity index (χ0) is 11.6. The normalized spacial score (nSPS) is 11.5. The highest BCUT2D eigenvalue weighted by atomic mass is 35.5. The predicted octanol–water partition coefficient (Wildman–Crippen LogP) is 3.76. The van der Waals surface area contributed by atoms with Gasteiger partial charge in [-0.15, -0.1) is 0 Å². The van der Waals surface area contributed by atoms with Crippen LogP contribution in [0.5, 0.6) is 0 Å². The molecule has 5 heteroatoms. The number of alkyl halides is 2. The first-order chi connectivity index (χ1) is 6.80. The van der Waals surface area contributed by atoms with E-state index in [0.717, 1.165) is 0 Å². The number of hydrogen-bond donors (Lipinski definition) is 0. The minimum Gasteiger partial charge on any atom is -0.293 e. The summed E-state index contributed by atoms with van der Waals surface area (Å²) in [5.41, 5.74) is 0.354. The zero-order valence-corrected chi connectivity index (χ0v) is 9.37. The molecule has 1 nitrogen and oxygen atoms in total. The maximum absolute atomic E-state index is 12.6. The predicted molar refractivity (Wildman–Crippen MR) is 55.8 cm³/mol. The first kappa shape index (κ1) is 12.4. The minimum absolute atomic E-state index is 0.222. The summed E-state index contributed by atoms with van der Waals surface area (Å²) < 4.78 is 25.2. The molecule has 0 radical (unpaired) electrons. The van der Waals surface area contributed by atoms with Crippen LogP contribution in [-0.2, 0) is 11.2 Å². The number of carbonyl (C=O) groups is 1. The number of Topliss-reactive ketones (excluding diaryl/α,β-unsaturated/α-hetero) is 1. The summed E-state index contributed by atoms with van der Waals surface area (Å²) in [6, 6.07) is 4.39. The fourth-order valence-corrected chi connectivity index (χ4v) is 1.47. The van der Waals surface area contributed by atoms with Gasteiger partial charge in [0, 0.05) is 23.4 Å². The molecule has 0 aliphatic heterocycles. The lowest BCUT2D eigenvalue weighted by Gasteiger charge is -2.09. The minimum atomic E-state index is -3.33. The van der Waals surface area contributed by atoms with Crippen LogP contribution in [0, 0.1) is 0 Å². The van der Waals surface area contributed by atoms with E-state index in [1.165, 1.54) is 18.2 Å². The Hall–Kier alpha value is -0.670. The Labute approximate surface area is 96.0 Å². The van der Waals surface area contributed by atoms with Gasteiger partial charge in [-0.05, 0) is 17.7 Å². The molecule has 0 heterocycles. The highest BCUT2D eigenvalue weighted by Crippen LogP contribution is 2.24. The number of hydrogen-bond acceptors (Lipinski definition) is 1. The van der Waals surface area contributed by atoms with Crippen molar-refractivity contribution in [2.24, 2.45) is 0 Å². The third-order valence-electron chi connectivity index (χ3n) is 1.86. The lowest BCUT2D eigenvalue weighted by molar-refractivity contribution is -0.139. The number of ketones is 1. The maximum atomic E-state index is 12.6. The Morgan fingerprint density at radius 3 is 2.47 bits per heavy atom. The van der Waals surface area contributed by atoms with Crippen molar-refractivity contribution in [1.82, 2.24) is 0 Å². The summed E-state index contributed by atoms with van der Waals surface area (Å²) in [6.07, 6.45) is -0.389. The molecule has 0 amide bonds. The van der Waals surface area contributed by atoms with Gasteiger partial charge in [0.25, 0.3) is 0 Å². The molecule has 0 N–H and O–H groups in total. The summed E-state index contributed by atoms with van der Waals surface area (Å²) in [6.45, 7) is 0.569. The van der Waals surface area contributed by atoms with E-state index in [-0.39, 0.29) is 11.4 Å². The van der Waals surface area contributed by atoms with Crippen molar-refractivity contribution in [3.05, 3.63) is 33.8 Å². The van der Waals surface area contributed by atoms with Crippen molar-refractivity contribution in [2.75, 3.05) is 0 Å². The number of rotatable bonds is 3. The van der Waals surface area contributed by atoms with Gasteiger partial charge in [-0.1, -0.05) is 29.3 Å². The van der Waals surface area contributed by atoms with E-state index in [2.05, 4.69) is 0 Å². The van der Waals surface area contributed by atoms with E-state index in [0.29, 0.717) is 17.5 Å². The molecule has 0 atom stereocenters. The SMILES string of the molecule is CC(F)(F)C(=O)Cc1ccc(Cl)cc1Cl. The Balaban J connectivity index is 2.87. The third-order valence-corrected chi connectivity index (χ3v) is 2.44. The first-order valence-electron chi connectivity index (χ1n) is 4.16. The van der Waals surface area contributed by atoms with E-state index in [9.17, 15) is 13.6 Å². The molecular formula is C10H8Cl2F2O. The molecule has 1 rings (SSSR count). The van der Waals surface area contributed by atoms with Crippen LogP contribution in [0.2, 0.25) is 10.0 Å². The summed E-state index contributed by atoms with van der Waals surface area (Å²) in [5.74, 6) is -4.49. The molecule has 0 aliphatic rings. The highest BCUT2D eigenvalue weighted by Gasteiger charge is 2.31. The third kappa shape index (κ3) is 3.43. The van der Waals surface area contributed by atoms with Crippen LogP contribution in [0.3, 0.4) is 0 Å². The molecule has 0 unspecified atom stereocenters. The van der Waals surface area contributed by atoms with Crippen LogP contribution in [0.1, 0.15) is 12.5 Å². The van der Waals surface area contributed by atoms with E-state index < -0.39 is 11.7 Å². The topological polar surface area (TPSA) is 17.1 Å². The fraction of sp³-hybridized carbons (Fsp3) is 0.300. The zero-order valence-electron chi connectivity index (χ0n) is 7.86. The van der Waals surface area contributed by atoms with Gasteiger partial charge in [-0.3, -0.25) is 4.79 Å². The maximum Gasteiger partial charge on any atom is 0.302 e. The average molecular weight is 253 g/mol. The van der Waals surface area contributed by atoms with Crippen LogP contribution in [0.15, 0.2) is 18.2 Å². The molecule has 0 bridgehead atoms. The molecule has 0 saturated heterocycles. The van der Waals surface area contributed by atoms with Crippen LogP contribution < -0.4 is 0 Å². The summed E-state index contributed by atoms with van der Waals surface area (Å²) in [4.78, 5) is 11.0. The molecule has 0 aliphatic carbocycles. The second kappa shape index (κ2) is 4.45. The Morgan fingerprint density at radius 1 is 1.40 bits per heavy atom. The van der Waals surface area contributed by atoms with Crippen LogP contribution in [0.25, 0.3) is 0 Å². The van der Waals surface area contributed by atoms with Crippen molar-refractivity contribution >= 4 is 29.0 Å². The van der Waals surface area contributed by atoms with E-state index in [1.54, 1.807) is 0 Å². The molecule has 15 heavy (non-hydrogen) atoms. The Kier molecular flexibility index (Phi) is 3.68. The van der Waals surface area contributed by atoms with Gasteiger partial charge >= 0.3 is 5.92 Å². The Bertz CT molecular complexity index is 385. The van der Waals surface area contributed by atoms with E-state index in [1.807, 2.05) is 0 Å². The van der Waals surface area contributed by atoms with Crippen molar-refractivity contribution in [2.45, 2.75) is 19.3 Å². The lowest BCUT2D eigenvalue weighted by Crippen LogP contribution is -2.26. The monoisotopic (exact) mass is 252 g/mol. The van der Waals surface area contributed by atoms with Crippen molar-refractivity contribution in [3.63, 3.8) is 0 Å². The van der Waals surface area contributed by atoms with E-state index in [4.69, 9.17) is 23.2 Å². The Morgan fingerprint density at radius 2 is 2.00 bits per heavy atom. The van der Waals surface area contributed by atoms with Crippen LogP contribution in [0.4, 0.5) is 8.78 Å². The molecular weight excluding hydrogens is 245 g/mol. The van der Waals surface area contributed by atoms with Gasteiger partial charge < -0.3 is 0 Å². The van der Waals surface area contributed by atoms with Gasteiger partial charge in [0.05, 0.1) is 0 Å². The largest absolute Gasteiger partial charge is 0.302 e. The standard InChI is InChI=1S/C10H8Cl2F2O/c1-10(13,14)9(15)4-6-2-3-7(11)5-8(6)12/h2-3,5H,4H2,1H3. The quantitative estimate of drug-likeness (QED) is 0.801. The van der Waals surface area contributed by atoms with Gasteiger partial charge in [-0.25, -0.2) is 0 Å². The van der Waals surface area contributed by atoms with Gasteiger partial charge in [0.2, 0.25) is 5.78 Å². The summed E-state index contributed by atoms with van der Waals surface area (Å²) in [5, 5.41) is 0.625. The van der Waals surface area contributed by atoms with Crippen LogP contribution >= 0.6 is 23.2 Å². The smallest absolute Gasteiger partial charge is 0.293 e. The molecule has 82 valence electrons. The molecule has 1 aromatic carbocycles. The number of benzene rings is 1. The second-order valence-electron chi connectivity index (χ2n) is 3.22. The van der Waals surface area contributed by atoms with Gasteiger partial charge in [0.1, 0.15) is 0 Å². The van der Waals surface area contributed by atoms with Crippen molar-refractivity contribution in [3.8, 4) is 0 Å². The highest BCUT2D eigenvalue weighted by molar-refractivity contribution is 6.35. The second-order valence-corrected chi connectivity index (χ2v) is 4.07. The van der Waals surface area contributed by atoms with Crippen molar-refractivity contribution in [1.29, 1.82) is 0 Å². The van der Waals surface area contributed by atoms with Gasteiger partial charge in [0.15, 0.2) is 0 Å². The van der Waals surface area contributed by atoms with Crippen molar-refractivity contribution < 1.29 is 13.6 Å². The average Bonchev–Trinajstić information content (AvgIpc) is 2.08. The molecule has 1 aromatic rings. The van der Waals surface area contributed by atoms with Crippen LogP contribution in [-0.4, -0.2) is 11.7 Å². The van der Waals surface area contributed by atoms with E-state index >= 15 is 0 Å².